The standard InChI is InChI=1S/C14H22N2O5/c1-7(2)16(15-14(20)21-3)12(17)10-8-4-5-9(6-8)11(10)13(18)19/h7-11H,4-6H2,1-3H3,(H,15,20)(H,18,19). The van der Waals surface area contributed by atoms with E-state index < -0.39 is 23.9 Å². The number of rotatable bonds is 3. The van der Waals surface area contributed by atoms with Gasteiger partial charge in [-0.2, -0.15) is 0 Å². The Kier molecular flexibility index (Phi) is 4.39. The Morgan fingerprint density at radius 3 is 2.24 bits per heavy atom. The van der Waals surface area contributed by atoms with E-state index in [1.807, 2.05) is 0 Å². The Labute approximate surface area is 123 Å². The summed E-state index contributed by atoms with van der Waals surface area (Å²) in [5.41, 5.74) is 2.39. The zero-order chi connectivity index (χ0) is 15.7. The van der Waals surface area contributed by atoms with Crippen molar-refractivity contribution in [3.05, 3.63) is 0 Å². The fraction of sp³-hybridized carbons (Fsp3) is 0.786. The van der Waals surface area contributed by atoms with Crippen LogP contribution < -0.4 is 5.43 Å². The maximum atomic E-state index is 12.7. The number of ether oxygens (including phenoxy) is 1. The molecule has 2 bridgehead atoms. The number of carbonyl (C=O) groups is 3. The van der Waals surface area contributed by atoms with E-state index in [4.69, 9.17) is 0 Å². The Hall–Kier alpha value is -1.79. The number of carboxylic acids is 1. The molecule has 0 saturated heterocycles. The van der Waals surface area contributed by atoms with E-state index in [0.717, 1.165) is 19.3 Å². The van der Waals surface area contributed by atoms with Gasteiger partial charge in [-0.15, -0.1) is 0 Å². The van der Waals surface area contributed by atoms with Crippen LogP contribution in [0.4, 0.5) is 4.79 Å². The third kappa shape index (κ3) is 2.82. The van der Waals surface area contributed by atoms with Crippen molar-refractivity contribution in [2.75, 3.05) is 7.11 Å². The first kappa shape index (κ1) is 15.6. The number of nitrogens with one attached hydrogen (secondary N) is 1. The van der Waals surface area contributed by atoms with E-state index >= 15 is 0 Å². The Balaban J connectivity index is 2.19. The zero-order valence-electron chi connectivity index (χ0n) is 12.5. The predicted octanol–water partition coefficient (Wildman–Crippen LogP) is 1.24. The van der Waals surface area contributed by atoms with Crippen molar-refractivity contribution in [1.29, 1.82) is 0 Å². The number of amides is 2. The first-order valence-electron chi connectivity index (χ1n) is 7.27. The highest BCUT2D eigenvalue weighted by Gasteiger charge is 2.55. The summed E-state index contributed by atoms with van der Waals surface area (Å²) >= 11 is 0. The molecule has 2 N–H and O–H groups in total. The second-order valence-electron chi connectivity index (χ2n) is 6.13. The van der Waals surface area contributed by atoms with Crippen LogP contribution in [0.2, 0.25) is 0 Å². The lowest BCUT2D eigenvalue weighted by Crippen LogP contribution is -2.54. The maximum Gasteiger partial charge on any atom is 0.425 e. The summed E-state index contributed by atoms with van der Waals surface area (Å²) in [7, 11) is 1.22. The van der Waals surface area contributed by atoms with Crippen LogP contribution >= 0.6 is 0 Å². The van der Waals surface area contributed by atoms with Gasteiger partial charge in [-0.1, -0.05) is 0 Å². The molecule has 0 aliphatic heterocycles. The molecule has 2 amide bonds. The van der Waals surface area contributed by atoms with Gasteiger partial charge < -0.3 is 9.84 Å². The molecule has 21 heavy (non-hydrogen) atoms. The van der Waals surface area contributed by atoms with Gasteiger partial charge in [0.1, 0.15) is 0 Å². The lowest BCUT2D eigenvalue weighted by Gasteiger charge is -2.34. The Bertz CT molecular complexity index is 451. The molecular formula is C14H22N2O5. The van der Waals surface area contributed by atoms with Crippen molar-refractivity contribution in [3.63, 3.8) is 0 Å². The summed E-state index contributed by atoms with van der Waals surface area (Å²) in [6.07, 6.45) is 1.82. The minimum absolute atomic E-state index is 0.0774. The van der Waals surface area contributed by atoms with Crippen LogP contribution in [0.5, 0.6) is 0 Å². The molecule has 4 unspecified atom stereocenters. The molecule has 2 saturated carbocycles. The monoisotopic (exact) mass is 298 g/mol. The van der Waals surface area contributed by atoms with Gasteiger partial charge in [-0.05, 0) is 44.9 Å². The zero-order valence-corrected chi connectivity index (χ0v) is 12.5. The van der Waals surface area contributed by atoms with Crippen LogP contribution in [0.25, 0.3) is 0 Å². The minimum Gasteiger partial charge on any atom is -0.481 e. The average molecular weight is 298 g/mol. The topological polar surface area (TPSA) is 95.9 Å². The van der Waals surface area contributed by atoms with Crippen molar-refractivity contribution in [1.82, 2.24) is 10.4 Å². The van der Waals surface area contributed by atoms with Crippen LogP contribution in [0.15, 0.2) is 0 Å². The maximum absolute atomic E-state index is 12.7. The molecule has 118 valence electrons. The summed E-state index contributed by atoms with van der Waals surface area (Å²) in [4.78, 5) is 35.6. The SMILES string of the molecule is COC(=O)NN(C(=O)C1C2CCC(C2)C1C(=O)O)C(C)C. The molecule has 2 aliphatic carbocycles. The van der Waals surface area contributed by atoms with Crippen molar-refractivity contribution < 1.29 is 24.2 Å². The molecule has 0 aromatic heterocycles. The smallest absolute Gasteiger partial charge is 0.425 e. The van der Waals surface area contributed by atoms with Gasteiger partial charge in [0.25, 0.3) is 0 Å². The quantitative estimate of drug-likeness (QED) is 0.764. The van der Waals surface area contributed by atoms with E-state index in [2.05, 4.69) is 10.2 Å². The second-order valence-corrected chi connectivity index (χ2v) is 6.13. The largest absolute Gasteiger partial charge is 0.481 e. The molecule has 2 aliphatic rings. The Morgan fingerprint density at radius 1 is 1.19 bits per heavy atom. The molecule has 0 aromatic rings. The van der Waals surface area contributed by atoms with Gasteiger partial charge >= 0.3 is 12.1 Å². The molecule has 2 rings (SSSR count). The van der Waals surface area contributed by atoms with Gasteiger partial charge in [-0.25, -0.2) is 15.2 Å². The second kappa shape index (κ2) is 5.91. The number of carbonyl (C=O) groups excluding carboxylic acids is 2. The van der Waals surface area contributed by atoms with Crippen LogP contribution in [-0.4, -0.2) is 41.2 Å². The molecule has 0 aromatic carbocycles. The predicted molar refractivity (Wildman–Crippen MR) is 73.0 cm³/mol. The number of methoxy groups -OCH3 is 1. The number of carboxylic acid groups (broad SMARTS) is 1. The lowest BCUT2D eigenvalue weighted by atomic mass is 9.78. The van der Waals surface area contributed by atoms with Crippen molar-refractivity contribution in [2.24, 2.45) is 23.7 Å². The molecule has 7 nitrogen and oxygen atoms in total. The molecular weight excluding hydrogens is 276 g/mol. The average Bonchev–Trinajstić information content (AvgIpc) is 3.03. The van der Waals surface area contributed by atoms with Crippen LogP contribution in [-0.2, 0) is 14.3 Å². The third-order valence-corrected chi connectivity index (χ3v) is 4.64. The third-order valence-electron chi connectivity index (χ3n) is 4.64. The number of hydrogen-bond donors (Lipinski definition) is 2. The van der Waals surface area contributed by atoms with Crippen LogP contribution in [0.1, 0.15) is 33.1 Å². The highest BCUT2D eigenvalue weighted by molar-refractivity contribution is 5.87. The summed E-state index contributed by atoms with van der Waals surface area (Å²) in [5, 5.41) is 10.6. The van der Waals surface area contributed by atoms with Crippen molar-refractivity contribution in [2.45, 2.75) is 39.2 Å². The summed E-state index contributed by atoms with van der Waals surface area (Å²) in [5.74, 6) is -2.26. The fourth-order valence-electron chi connectivity index (χ4n) is 3.75. The number of nitrogens with zero attached hydrogens (tertiary/aromatic N) is 1. The molecule has 7 heteroatoms. The van der Waals surface area contributed by atoms with E-state index in [-0.39, 0.29) is 23.8 Å². The molecule has 0 radical (unpaired) electrons. The molecule has 0 spiro atoms. The summed E-state index contributed by atoms with van der Waals surface area (Å²) in [6, 6.07) is -0.273. The number of aliphatic carboxylic acids is 1. The first-order valence-corrected chi connectivity index (χ1v) is 7.27. The lowest BCUT2D eigenvalue weighted by molar-refractivity contribution is -0.155. The van der Waals surface area contributed by atoms with Crippen molar-refractivity contribution >= 4 is 18.0 Å². The van der Waals surface area contributed by atoms with E-state index in [1.54, 1.807) is 13.8 Å². The van der Waals surface area contributed by atoms with E-state index in [9.17, 15) is 19.5 Å². The number of hydrogen-bond acceptors (Lipinski definition) is 4. The molecule has 4 atom stereocenters. The minimum atomic E-state index is -0.915. The van der Waals surface area contributed by atoms with Gasteiger partial charge in [0.2, 0.25) is 5.91 Å². The van der Waals surface area contributed by atoms with Crippen molar-refractivity contribution in [3.8, 4) is 0 Å². The van der Waals surface area contributed by atoms with E-state index in [1.165, 1.54) is 12.1 Å². The Morgan fingerprint density at radius 2 is 1.76 bits per heavy atom. The highest BCUT2D eigenvalue weighted by Crippen LogP contribution is 2.52. The van der Waals surface area contributed by atoms with E-state index in [0.29, 0.717) is 0 Å². The highest BCUT2D eigenvalue weighted by atomic mass is 16.5. The summed E-state index contributed by atoms with van der Waals surface area (Å²) in [6.45, 7) is 3.52. The van der Waals surface area contributed by atoms with Gasteiger partial charge in [0, 0.05) is 6.04 Å². The molecule has 2 fully saturated rings. The first-order chi connectivity index (χ1) is 9.86. The summed E-state index contributed by atoms with van der Waals surface area (Å²) < 4.78 is 4.52. The van der Waals surface area contributed by atoms with Crippen LogP contribution in [0, 0.1) is 23.7 Å². The van der Waals surface area contributed by atoms with Gasteiger partial charge in [-0.3, -0.25) is 9.59 Å². The number of fused-ring (bicyclic) bond motifs is 2. The van der Waals surface area contributed by atoms with Crippen LogP contribution in [0.3, 0.4) is 0 Å². The molecule has 0 heterocycles. The van der Waals surface area contributed by atoms with Gasteiger partial charge in [0.05, 0.1) is 18.9 Å². The fourth-order valence-corrected chi connectivity index (χ4v) is 3.75. The normalized spacial score (nSPS) is 30.3. The number of hydrazine groups is 1. The van der Waals surface area contributed by atoms with Gasteiger partial charge in [0.15, 0.2) is 0 Å².